The van der Waals surface area contributed by atoms with Gasteiger partial charge in [-0.25, -0.2) is 0 Å². The third-order valence-corrected chi connectivity index (χ3v) is 3.45. The molecule has 0 heterocycles. The van der Waals surface area contributed by atoms with Crippen molar-refractivity contribution in [3.63, 3.8) is 0 Å². The fraction of sp³-hybridized carbons (Fsp3) is 0.312. The van der Waals surface area contributed by atoms with E-state index in [2.05, 4.69) is 37.4 Å². The van der Waals surface area contributed by atoms with Gasteiger partial charge in [-0.2, -0.15) is 0 Å². The summed E-state index contributed by atoms with van der Waals surface area (Å²) in [4.78, 5) is 0.449. The average Bonchev–Trinajstić information content (AvgIpc) is 2.38. The van der Waals surface area contributed by atoms with Gasteiger partial charge < -0.3 is 11.1 Å². The molecule has 0 amide bonds. The standard InChI is InChI=1S/C16H20N2S/c1-11(2)9-10-18-15-8-7-14(16(17)19)12-5-3-4-6-13(12)15/h3-8,11,18H,9-10H2,1-2H3,(H2,17,19). The predicted octanol–water partition coefficient (Wildman–Crippen LogP) is 3.93. The molecule has 3 heteroatoms. The Balaban J connectivity index is 2.36. The summed E-state index contributed by atoms with van der Waals surface area (Å²) < 4.78 is 0. The summed E-state index contributed by atoms with van der Waals surface area (Å²) in [7, 11) is 0. The van der Waals surface area contributed by atoms with Crippen LogP contribution < -0.4 is 11.1 Å². The number of hydrogen-bond donors (Lipinski definition) is 2. The van der Waals surface area contributed by atoms with Gasteiger partial charge in [0.1, 0.15) is 4.99 Å². The second-order valence-electron chi connectivity index (χ2n) is 5.18. The first kappa shape index (κ1) is 13.8. The number of anilines is 1. The zero-order valence-electron chi connectivity index (χ0n) is 11.4. The van der Waals surface area contributed by atoms with Crippen molar-refractivity contribution >= 4 is 33.7 Å². The highest BCUT2D eigenvalue weighted by atomic mass is 32.1. The molecule has 0 atom stereocenters. The lowest BCUT2D eigenvalue weighted by atomic mass is 10.0. The van der Waals surface area contributed by atoms with Crippen LogP contribution in [0.5, 0.6) is 0 Å². The molecule has 100 valence electrons. The number of nitrogens with two attached hydrogens (primary N) is 1. The van der Waals surface area contributed by atoms with Crippen molar-refractivity contribution in [3.8, 4) is 0 Å². The molecule has 0 unspecified atom stereocenters. The lowest BCUT2D eigenvalue weighted by molar-refractivity contribution is 0.607. The Morgan fingerprint density at radius 1 is 1.16 bits per heavy atom. The Morgan fingerprint density at radius 2 is 1.84 bits per heavy atom. The number of rotatable bonds is 5. The Kier molecular flexibility index (Phi) is 4.38. The quantitative estimate of drug-likeness (QED) is 0.810. The Morgan fingerprint density at radius 3 is 2.47 bits per heavy atom. The number of nitrogens with one attached hydrogen (secondary N) is 1. The molecule has 0 aliphatic carbocycles. The monoisotopic (exact) mass is 272 g/mol. The van der Waals surface area contributed by atoms with Crippen LogP contribution in [-0.4, -0.2) is 11.5 Å². The molecular formula is C16H20N2S. The van der Waals surface area contributed by atoms with Crippen molar-refractivity contribution in [2.75, 3.05) is 11.9 Å². The van der Waals surface area contributed by atoms with Crippen LogP contribution in [0.2, 0.25) is 0 Å². The molecule has 0 aliphatic rings. The van der Waals surface area contributed by atoms with E-state index in [-0.39, 0.29) is 0 Å². The Bertz CT molecular complexity index is 590. The molecule has 2 nitrogen and oxygen atoms in total. The van der Waals surface area contributed by atoms with Gasteiger partial charge in [0.05, 0.1) is 0 Å². The van der Waals surface area contributed by atoms with E-state index in [0.29, 0.717) is 10.9 Å². The number of benzene rings is 2. The number of fused-ring (bicyclic) bond motifs is 1. The molecule has 0 aliphatic heterocycles. The fourth-order valence-corrected chi connectivity index (χ4v) is 2.34. The van der Waals surface area contributed by atoms with Crippen molar-refractivity contribution in [1.82, 2.24) is 0 Å². The number of hydrogen-bond acceptors (Lipinski definition) is 2. The first-order chi connectivity index (χ1) is 9.09. The van der Waals surface area contributed by atoms with Crippen LogP contribution in [0.3, 0.4) is 0 Å². The van der Waals surface area contributed by atoms with Crippen LogP contribution in [0, 0.1) is 5.92 Å². The first-order valence-corrected chi connectivity index (χ1v) is 7.06. The zero-order chi connectivity index (χ0) is 13.8. The summed E-state index contributed by atoms with van der Waals surface area (Å²) in [6.07, 6.45) is 1.16. The summed E-state index contributed by atoms with van der Waals surface area (Å²) in [6, 6.07) is 12.3. The summed E-state index contributed by atoms with van der Waals surface area (Å²) >= 11 is 5.11. The maximum atomic E-state index is 5.78. The van der Waals surface area contributed by atoms with Crippen LogP contribution in [0.1, 0.15) is 25.8 Å². The van der Waals surface area contributed by atoms with Crippen molar-refractivity contribution in [1.29, 1.82) is 0 Å². The molecule has 0 bridgehead atoms. The minimum Gasteiger partial charge on any atom is -0.389 e. The normalized spacial score (nSPS) is 10.9. The van der Waals surface area contributed by atoms with Gasteiger partial charge in [0.25, 0.3) is 0 Å². The lowest BCUT2D eigenvalue weighted by Crippen LogP contribution is -2.11. The van der Waals surface area contributed by atoms with E-state index in [1.807, 2.05) is 18.2 Å². The van der Waals surface area contributed by atoms with Crippen molar-refractivity contribution < 1.29 is 0 Å². The molecule has 0 saturated heterocycles. The first-order valence-electron chi connectivity index (χ1n) is 6.65. The molecular weight excluding hydrogens is 252 g/mol. The van der Waals surface area contributed by atoms with Gasteiger partial charge in [0.15, 0.2) is 0 Å². The SMILES string of the molecule is CC(C)CCNc1ccc(C(N)=S)c2ccccc12. The van der Waals surface area contributed by atoms with E-state index in [1.54, 1.807) is 0 Å². The summed E-state index contributed by atoms with van der Waals surface area (Å²) in [5.41, 5.74) is 7.87. The zero-order valence-corrected chi connectivity index (χ0v) is 12.3. The van der Waals surface area contributed by atoms with Gasteiger partial charge in [0.2, 0.25) is 0 Å². The summed E-state index contributed by atoms with van der Waals surface area (Å²) in [6.45, 7) is 5.44. The van der Waals surface area contributed by atoms with Crippen molar-refractivity contribution in [2.24, 2.45) is 11.7 Å². The molecule has 19 heavy (non-hydrogen) atoms. The highest BCUT2D eigenvalue weighted by molar-refractivity contribution is 7.80. The summed E-state index contributed by atoms with van der Waals surface area (Å²) in [5.74, 6) is 0.703. The summed E-state index contributed by atoms with van der Waals surface area (Å²) in [5, 5.41) is 5.79. The number of thiocarbonyl (C=S) groups is 1. The minimum atomic E-state index is 0.449. The Labute approximate surface area is 120 Å². The largest absolute Gasteiger partial charge is 0.389 e. The maximum absolute atomic E-state index is 5.78. The highest BCUT2D eigenvalue weighted by Gasteiger charge is 2.07. The lowest BCUT2D eigenvalue weighted by Gasteiger charge is -2.13. The second kappa shape index (κ2) is 6.02. The highest BCUT2D eigenvalue weighted by Crippen LogP contribution is 2.26. The molecule has 0 saturated carbocycles. The van der Waals surface area contributed by atoms with Crippen molar-refractivity contribution in [2.45, 2.75) is 20.3 Å². The molecule has 0 aromatic heterocycles. The molecule has 3 N–H and O–H groups in total. The predicted molar refractivity (Wildman–Crippen MR) is 87.8 cm³/mol. The van der Waals surface area contributed by atoms with Crippen molar-refractivity contribution in [3.05, 3.63) is 42.0 Å². The van der Waals surface area contributed by atoms with E-state index in [1.165, 1.54) is 5.39 Å². The van der Waals surface area contributed by atoms with Gasteiger partial charge >= 0.3 is 0 Å². The van der Waals surface area contributed by atoms with E-state index in [9.17, 15) is 0 Å². The van der Waals surface area contributed by atoms with Crippen LogP contribution in [0.25, 0.3) is 10.8 Å². The smallest absolute Gasteiger partial charge is 0.104 e. The minimum absolute atomic E-state index is 0.449. The van der Waals surface area contributed by atoms with Gasteiger partial charge in [-0.3, -0.25) is 0 Å². The van der Waals surface area contributed by atoms with Crippen LogP contribution in [0.4, 0.5) is 5.69 Å². The third-order valence-electron chi connectivity index (χ3n) is 3.23. The van der Waals surface area contributed by atoms with E-state index in [0.717, 1.165) is 29.6 Å². The average molecular weight is 272 g/mol. The van der Waals surface area contributed by atoms with Gasteiger partial charge in [-0.05, 0) is 29.9 Å². The van der Waals surface area contributed by atoms with Crippen LogP contribution in [-0.2, 0) is 0 Å². The third kappa shape index (κ3) is 3.24. The van der Waals surface area contributed by atoms with Gasteiger partial charge in [-0.15, -0.1) is 0 Å². The molecule has 2 aromatic rings. The molecule has 2 rings (SSSR count). The molecule has 2 aromatic carbocycles. The molecule has 0 radical (unpaired) electrons. The van der Waals surface area contributed by atoms with Crippen LogP contribution in [0.15, 0.2) is 36.4 Å². The fourth-order valence-electron chi connectivity index (χ4n) is 2.16. The molecule has 0 spiro atoms. The van der Waals surface area contributed by atoms with E-state index in [4.69, 9.17) is 18.0 Å². The molecule has 0 fully saturated rings. The van der Waals surface area contributed by atoms with E-state index >= 15 is 0 Å². The van der Waals surface area contributed by atoms with Gasteiger partial charge in [-0.1, -0.05) is 50.3 Å². The topological polar surface area (TPSA) is 38.0 Å². The maximum Gasteiger partial charge on any atom is 0.104 e. The van der Waals surface area contributed by atoms with Crippen LogP contribution >= 0.6 is 12.2 Å². The second-order valence-corrected chi connectivity index (χ2v) is 5.62. The van der Waals surface area contributed by atoms with Gasteiger partial charge in [0, 0.05) is 23.2 Å². The van der Waals surface area contributed by atoms with E-state index < -0.39 is 0 Å². The Hall–Kier alpha value is -1.61.